The molecule has 2 nitrogen and oxygen atoms in total. The summed E-state index contributed by atoms with van der Waals surface area (Å²) in [6.07, 6.45) is 16.7. The van der Waals surface area contributed by atoms with Gasteiger partial charge in [0, 0.05) is 0 Å². The van der Waals surface area contributed by atoms with E-state index in [1.807, 2.05) is 0 Å². The third-order valence-corrected chi connectivity index (χ3v) is 29.5. The first-order chi connectivity index (χ1) is 16.9. The van der Waals surface area contributed by atoms with Crippen LogP contribution >= 0.6 is 0 Å². The van der Waals surface area contributed by atoms with Crippen LogP contribution in [0.4, 0.5) is 0 Å². The quantitative estimate of drug-likeness (QED) is 0.195. The average molecular weight is 587 g/mol. The molecule has 5 atom stereocenters. The Morgan fingerprint density at radius 3 is 2.26 bits per heavy atom. The van der Waals surface area contributed by atoms with E-state index in [1.165, 1.54) is 89.3 Å². The van der Waals surface area contributed by atoms with Crippen LogP contribution in [-0.4, -0.2) is 27.1 Å². The monoisotopic (exact) mass is 588 g/mol. The van der Waals surface area contributed by atoms with Crippen molar-refractivity contribution in [3.63, 3.8) is 0 Å². The molecule has 2 fully saturated rings. The summed E-state index contributed by atoms with van der Waals surface area (Å²) in [5.74, 6) is 3.04. The van der Waals surface area contributed by atoms with Gasteiger partial charge in [-0.2, -0.15) is 0 Å². The van der Waals surface area contributed by atoms with Crippen molar-refractivity contribution >= 4 is 18.4 Å². The molecule has 0 amide bonds. The van der Waals surface area contributed by atoms with Crippen LogP contribution in [0.15, 0.2) is 31.0 Å². The second kappa shape index (κ2) is 11.5. The molecular formula is C32H52O2Sn. The summed E-state index contributed by atoms with van der Waals surface area (Å²) in [5.41, 5.74) is 3.21. The zero-order chi connectivity index (χ0) is 25.1. The molecule has 3 aliphatic carbocycles. The average Bonchev–Trinajstić information content (AvgIpc) is 3.15. The number of fused-ring (bicyclic) bond motifs is 5. The molecule has 1 aromatic carbocycles. The third kappa shape index (κ3) is 4.77. The van der Waals surface area contributed by atoms with Gasteiger partial charge in [-0.05, 0) is 0 Å². The summed E-state index contributed by atoms with van der Waals surface area (Å²) >= 11 is -2.84. The normalized spacial score (nSPS) is 32.0. The molecule has 0 saturated heterocycles. The molecule has 3 aliphatic rings. The predicted molar refractivity (Wildman–Crippen MR) is 152 cm³/mol. The van der Waals surface area contributed by atoms with Crippen molar-refractivity contribution in [1.82, 2.24) is 0 Å². The Hall–Kier alpha value is -0.481. The van der Waals surface area contributed by atoms with Gasteiger partial charge in [0.1, 0.15) is 0 Å². The van der Waals surface area contributed by atoms with Crippen molar-refractivity contribution in [3.05, 3.63) is 42.2 Å². The van der Waals surface area contributed by atoms with Crippen molar-refractivity contribution in [2.45, 2.75) is 128 Å². The Labute approximate surface area is 220 Å². The molecule has 196 valence electrons. The van der Waals surface area contributed by atoms with E-state index < -0.39 is 18.4 Å². The van der Waals surface area contributed by atoms with Gasteiger partial charge >= 0.3 is 221 Å². The first-order valence-corrected chi connectivity index (χ1v) is 22.5. The number of ether oxygens (including phenoxy) is 1. The van der Waals surface area contributed by atoms with Gasteiger partial charge in [-0.15, -0.1) is 0 Å². The van der Waals surface area contributed by atoms with Crippen molar-refractivity contribution in [2.24, 2.45) is 17.3 Å². The SMILES string of the molecule is C=COc1ccc2c(c1)CC[C@@H]1[C@@H]2CC[C@@]2(C)[C@H]1CC[C@@]2(O)[Sn]([CH2]CCC)([CH2]CCC)[CH2]CCC. The maximum atomic E-state index is 13.1. The van der Waals surface area contributed by atoms with Crippen LogP contribution in [0.2, 0.25) is 13.3 Å². The molecule has 35 heavy (non-hydrogen) atoms. The van der Waals surface area contributed by atoms with Crippen LogP contribution in [0.25, 0.3) is 0 Å². The molecule has 0 aromatic heterocycles. The van der Waals surface area contributed by atoms with Gasteiger partial charge in [-0.3, -0.25) is 0 Å². The molecule has 2 saturated carbocycles. The zero-order valence-electron chi connectivity index (χ0n) is 23.2. The van der Waals surface area contributed by atoms with Gasteiger partial charge in [0.15, 0.2) is 0 Å². The van der Waals surface area contributed by atoms with E-state index in [0.29, 0.717) is 11.8 Å². The predicted octanol–water partition coefficient (Wildman–Crippen LogP) is 9.18. The standard InChI is InChI=1S/C20H25O2.3C4H9.Sn/c1-3-22-14-5-7-15-13(12-14)4-6-17-16(15)10-11-20(2)18(17)8-9-19(20)21;3*1-3-4-2;/h3,5,7,12,16-18,21H,1,4,6,8-11H2,2H3;3*1,3-4H2,2H3;/t16-,17-,18+,20+;;;;/m1..../s1. The Balaban J connectivity index is 1.66. The minimum atomic E-state index is -2.84. The Morgan fingerprint density at radius 1 is 1.00 bits per heavy atom. The number of hydrogen-bond donors (Lipinski definition) is 1. The number of rotatable bonds is 12. The van der Waals surface area contributed by atoms with Crippen LogP contribution in [0.1, 0.15) is 115 Å². The summed E-state index contributed by atoms with van der Waals surface area (Å²) in [6, 6.07) is 6.75. The molecule has 0 radical (unpaired) electrons. The van der Waals surface area contributed by atoms with Crippen LogP contribution < -0.4 is 4.74 Å². The first-order valence-electron chi connectivity index (χ1n) is 15.0. The topological polar surface area (TPSA) is 29.5 Å². The van der Waals surface area contributed by atoms with Crippen molar-refractivity contribution in [1.29, 1.82) is 0 Å². The number of unbranched alkanes of at least 4 members (excludes halogenated alkanes) is 3. The summed E-state index contributed by atoms with van der Waals surface area (Å²) in [5, 5.41) is 13.1. The van der Waals surface area contributed by atoms with Gasteiger partial charge < -0.3 is 0 Å². The molecule has 0 aliphatic heterocycles. The molecule has 1 N–H and O–H groups in total. The molecule has 3 heteroatoms. The van der Waals surface area contributed by atoms with E-state index in [-0.39, 0.29) is 9.03 Å². The van der Waals surface area contributed by atoms with Crippen LogP contribution in [0, 0.1) is 17.3 Å². The molecule has 0 spiro atoms. The van der Waals surface area contributed by atoms with E-state index in [0.717, 1.165) is 24.5 Å². The fraction of sp³-hybridized carbons (Fsp3) is 0.750. The van der Waals surface area contributed by atoms with E-state index in [1.54, 1.807) is 5.56 Å². The van der Waals surface area contributed by atoms with Crippen LogP contribution in [-0.2, 0) is 6.42 Å². The summed E-state index contributed by atoms with van der Waals surface area (Å²) in [4.78, 5) is 0. The van der Waals surface area contributed by atoms with Crippen molar-refractivity contribution in [2.75, 3.05) is 0 Å². The number of aryl methyl sites for hydroxylation is 1. The van der Waals surface area contributed by atoms with Crippen LogP contribution in [0.5, 0.6) is 5.75 Å². The van der Waals surface area contributed by atoms with Gasteiger partial charge in [0.2, 0.25) is 0 Å². The van der Waals surface area contributed by atoms with E-state index in [4.69, 9.17) is 4.74 Å². The van der Waals surface area contributed by atoms with E-state index in [2.05, 4.69) is 52.5 Å². The first kappa shape index (κ1) is 27.6. The Bertz CT molecular complexity index is 843. The number of benzene rings is 1. The summed E-state index contributed by atoms with van der Waals surface area (Å²) in [6.45, 7) is 13.4. The summed E-state index contributed by atoms with van der Waals surface area (Å²) < 4.78 is 9.56. The van der Waals surface area contributed by atoms with Crippen LogP contribution in [0.3, 0.4) is 0 Å². The molecule has 4 rings (SSSR count). The Morgan fingerprint density at radius 2 is 1.66 bits per heavy atom. The van der Waals surface area contributed by atoms with E-state index >= 15 is 0 Å². The third-order valence-electron chi connectivity index (χ3n) is 11.0. The van der Waals surface area contributed by atoms with Gasteiger partial charge in [-0.25, -0.2) is 0 Å². The fourth-order valence-electron chi connectivity index (χ4n) is 9.16. The number of hydrogen-bond acceptors (Lipinski definition) is 2. The molecule has 0 bridgehead atoms. The molecule has 0 unspecified atom stereocenters. The second-order valence-electron chi connectivity index (χ2n) is 12.5. The fourth-order valence-corrected chi connectivity index (χ4v) is 29.9. The van der Waals surface area contributed by atoms with Crippen molar-refractivity contribution in [3.8, 4) is 5.75 Å². The summed E-state index contributed by atoms with van der Waals surface area (Å²) in [7, 11) is 0. The van der Waals surface area contributed by atoms with E-state index in [9.17, 15) is 5.11 Å². The van der Waals surface area contributed by atoms with Crippen molar-refractivity contribution < 1.29 is 9.84 Å². The molecule has 0 heterocycles. The zero-order valence-corrected chi connectivity index (χ0v) is 26.1. The maximum absolute atomic E-state index is 13.1. The Kier molecular flexibility index (Phi) is 9.05. The van der Waals surface area contributed by atoms with Gasteiger partial charge in [0.05, 0.1) is 0 Å². The molecular weight excluding hydrogens is 535 g/mol. The minimum absolute atomic E-state index is 0.142. The molecule has 1 aromatic rings. The second-order valence-corrected chi connectivity index (χ2v) is 26.5. The van der Waals surface area contributed by atoms with Gasteiger partial charge in [0.25, 0.3) is 0 Å². The van der Waals surface area contributed by atoms with Gasteiger partial charge in [-0.1, -0.05) is 0 Å². The number of aliphatic hydroxyl groups is 1.